The van der Waals surface area contributed by atoms with E-state index in [1.54, 1.807) is 12.1 Å². The number of unbranched alkanes of at least 4 members (excludes halogenated alkanes) is 8. The first-order valence-electron chi connectivity index (χ1n) is 10.6. The van der Waals surface area contributed by atoms with E-state index in [9.17, 15) is 9.18 Å². The third kappa shape index (κ3) is 10.6. The molecule has 0 aromatic heterocycles. The van der Waals surface area contributed by atoms with Crippen LogP contribution in [0.3, 0.4) is 0 Å². The molecular formula is C23H37FO2. The van der Waals surface area contributed by atoms with Crippen molar-refractivity contribution >= 4 is 5.97 Å². The smallest absolute Gasteiger partial charge is 0.338 e. The van der Waals surface area contributed by atoms with Crippen LogP contribution in [0.2, 0.25) is 0 Å². The second-order valence-corrected chi connectivity index (χ2v) is 7.38. The minimum atomic E-state index is -0.411. The van der Waals surface area contributed by atoms with Gasteiger partial charge in [0.05, 0.1) is 12.2 Å². The van der Waals surface area contributed by atoms with Crippen LogP contribution in [0, 0.1) is 11.7 Å². The van der Waals surface area contributed by atoms with Crippen LogP contribution in [0.1, 0.15) is 101 Å². The average molecular weight is 365 g/mol. The third-order valence-corrected chi connectivity index (χ3v) is 4.94. The highest BCUT2D eigenvalue weighted by Crippen LogP contribution is 2.20. The first kappa shape index (κ1) is 22.7. The van der Waals surface area contributed by atoms with Crippen LogP contribution in [0.15, 0.2) is 24.3 Å². The van der Waals surface area contributed by atoms with Gasteiger partial charge in [0.1, 0.15) is 5.82 Å². The van der Waals surface area contributed by atoms with Gasteiger partial charge in [-0.2, -0.15) is 0 Å². The third-order valence-electron chi connectivity index (χ3n) is 4.94. The van der Waals surface area contributed by atoms with Crippen LogP contribution in [0.4, 0.5) is 4.39 Å². The Bertz CT molecular complexity index is 487. The predicted octanol–water partition coefficient (Wildman–Crippen LogP) is 7.32. The van der Waals surface area contributed by atoms with Crippen molar-refractivity contribution in [3.63, 3.8) is 0 Å². The molecule has 26 heavy (non-hydrogen) atoms. The zero-order chi connectivity index (χ0) is 19.0. The minimum absolute atomic E-state index is 0.300. The molecule has 2 nitrogen and oxygen atoms in total. The summed E-state index contributed by atoms with van der Waals surface area (Å²) in [5.74, 6) is -0.385. The van der Waals surface area contributed by atoms with Crippen molar-refractivity contribution < 1.29 is 13.9 Å². The molecule has 0 spiro atoms. The van der Waals surface area contributed by atoms with Gasteiger partial charge in [0.25, 0.3) is 0 Å². The van der Waals surface area contributed by atoms with Gasteiger partial charge in [-0.05, 0) is 37.0 Å². The Balaban J connectivity index is 2.37. The van der Waals surface area contributed by atoms with E-state index < -0.39 is 11.8 Å². The summed E-state index contributed by atoms with van der Waals surface area (Å²) in [5, 5.41) is 0. The fourth-order valence-electron chi connectivity index (χ4n) is 3.28. The van der Waals surface area contributed by atoms with Gasteiger partial charge in [-0.3, -0.25) is 0 Å². The molecule has 1 aromatic rings. The summed E-state index contributed by atoms with van der Waals surface area (Å²) in [6.45, 7) is 4.91. The predicted molar refractivity (Wildman–Crippen MR) is 107 cm³/mol. The fraction of sp³-hybridized carbons (Fsp3) is 0.696. The number of rotatable bonds is 15. The number of hydrogen-bond acceptors (Lipinski definition) is 2. The lowest BCUT2D eigenvalue weighted by Gasteiger charge is -2.17. The second-order valence-electron chi connectivity index (χ2n) is 7.38. The van der Waals surface area contributed by atoms with E-state index in [1.807, 2.05) is 0 Å². The molecule has 0 N–H and O–H groups in total. The number of carbonyl (C=O) groups is 1. The number of ether oxygens (including phenoxy) is 1. The summed E-state index contributed by atoms with van der Waals surface area (Å²) < 4.78 is 18.7. The summed E-state index contributed by atoms with van der Waals surface area (Å²) in [4.78, 5) is 12.1. The topological polar surface area (TPSA) is 26.3 Å². The van der Waals surface area contributed by atoms with Gasteiger partial charge in [0, 0.05) is 0 Å². The first-order valence-corrected chi connectivity index (χ1v) is 10.6. The Labute approximate surface area is 159 Å². The molecule has 3 heteroatoms. The maximum atomic E-state index is 13.3. The molecule has 0 saturated heterocycles. The van der Waals surface area contributed by atoms with E-state index >= 15 is 0 Å². The Kier molecular flexibility index (Phi) is 12.9. The highest BCUT2D eigenvalue weighted by Gasteiger charge is 2.14. The van der Waals surface area contributed by atoms with Crippen LogP contribution in [0.5, 0.6) is 0 Å². The SMILES string of the molecule is CCCCCCCCC(CCCCCC)COC(=O)c1cccc(F)c1. The molecule has 0 heterocycles. The van der Waals surface area contributed by atoms with E-state index in [1.165, 1.54) is 76.3 Å². The molecule has 148 valence electrons. The van der Waals surface area contributed by atoms with Gasteiger partial charge in [0.2, 0.25) is 0 Å². The number of halogens is 1. The highest BCUT2D eigenvalue weighted by atomic mass is 19.1. The van der Waals surface area contributed by atoms with Crippen molar-refractivity contribution in [1.29, 1.82) is 0 Å². The summed E-state index contributed by atoms with van der Waals surface area (Å²) in [6, 6.07) is 5.73. The van der Waals surface area contributed by atoms with Gasteiger partial charge in [-0.15, -0.1) is 0 Å². The summed E-state index contributed by atoms with van der Waals surface area (Å²) in [6.07, 6.45) is 14.9. The second kappa shape index (κ2) is 14.8. The Morgan fingerprint density at radius 2 is 1.50 bits per heavy atom. The largest absolute Gasteiger partial charge is 0.462 e. The van der Waals surface area contributed by atoms with Crippen molar-refractivity contribution in [2.75, 3.05) is 6.61 Å². The maximum Gasteiger partial charge on any atom is 0.338 e. The van der Waals surface area contributed by atoms with Crippen molar-refractivity contribution in [3.8, 4) is 0 Å². The number of hydrogen-bond donors (Lipinski definition) is 0. The van der Waals surface area contributed by atoms with Crippen molar-refractivity contribution in [3.05, 3.63) is 35.6 Å². The van der Waals surface area contributed by atoms with Crippen LogP contribution >= 0.6 is 0 Å². The molecule has 0 saturated carbocycles. The normalized spacial score (nSPS) is 12.1. The summed E-state index contributed by atoms with van der Waals surface area (Å²) >= 11 is 0. The summed E-state index contributed by atoms with van der Waals surface area (Å²) in [7, 11) is 0. The standard InChI is InChI=1S/C23H37FO2/c1-3-5-7-9-10-12-15-20(14-11-8-6-4-2)19-26-23(25)21-16-13-17-22(24)18-21/h13,16-18,20H,3-12,14-15,19H2,1-2H3. The van der Waals surface area contributed by atoms with Gasteiger partial charge in [-0.25, -0.2) is 9.18 Å². The van der Waals surface area contributed by atoms with E-state index in [0.717, 1.165) is 12.8 Å². The number of benzene rings is 1. The molecule has 0 aliphatic carbocycles. The molecule has 0 bridgehead atoms. The molecule has 1 rings (SSSR count). The lowest BCUT2D eigenvalue weighted by atomic mass is 9.95. The minimum Gasteiger partial charge on any atom is -0.462 e. The van der Waals surface area contributed by atoms with Gasteiger partial charge >= 0.3 is 5.97 Å². The van der Waals surface area contributed by atoms with E-state index in [2.05, 4.69) is 13.8 Å². The van der Waals surface area contributed by atoms with Gasteiger partial charge < -0.3 is 4.74 Å². The Morgan fingerprint density at radius 1 is 0.923 bits per heavy atom. The quantitative estimate of drug-likeness (QED) is 0.241. The summed E-state index contributed by atoms with van der Waals surface area (Å²) in [5.41, 5.74) is 0.300. The average Bonchev–Trinajstić information content (AvgIpc) is 2.65. The zero-order valence-corrected chi connectivity index (χ0v) is 16.8. The first-order chi connectivity index (χ1) is 12.7. The molecule has 1 atom stereocenters. The van der Waals surface area contributed by atoms with Crippen molar-refractivity contribution in [1.82, 2.24) is 0 Å². The number of carbonyl (C=O) groups excluding carboxylic acids is 1. The molecule has 1 aromatic carbocycles. The van der Waals surface area contributed by atoms with Gasteiger partial charge in [0.15, 0.2) is 0 Å². The number of esters is 1. The monoisotopic (exact) mass is 364 g/mol. The molecule has 1 unspecified atom stereocenters. The molecule has 0 fully saturated rings. The van der Waals surface area contributed by atoms with Gasteiger partial charge in [-0.1, -0.05) is 84.1 Å². The van der Waals surface area contributed by atoms with Crippen LogP contribution in [-0.4, -0.2) is 12.6 Å². The fourth-order valence-corrected chi connectivity index (χ4v) is 3.28. The Hall–Kier alpha value is -1.38. The molecular weight excluding hydrogens is 327 g/mol. The molecule has 0 aliphatic heterocycles. The highest BCUT2D eigenvalue weighted by molar-refractivity contribution is 5.89. The van der Waals surface area contributed by atoms with Crippen molar-refractivity contribution in [2.24, 2.45) is 5.92 Å². The van der Waals surface area contributed by atoms with Crippen LogP contribution in [-0.2, 0) is 4.74 Å². The van der Waals surface area contributed by atoms with E-state index in [0.29, 0.717) is 18.1 Å². The molecule has 0 aliphatic rings. The van der Waals surface area contributed by atoms with Crippen molar-refractivity contribution in [2.45, 2.75) is 90.9 Å². The van der Waals surface area contributed by atoms with Crippen LogP contribution < -0.4 is 0 Å². The van der Waals surface area contributed by atoms with E-state index in [-0.39, 0.29) is 0 Å². The Morgan fingerprint density at radius 3 is 2.12 bits per heavy atom. The molecule has 0 amide bonds. The van der Waals surface area contributed by atoms with E-state index in [4.69, 9.17) is 4.74 Å². The lowest BCUT2D eigenvalue weighted by Crippen LogP contribution is -2.15. The van der Waals surface area contributed by atoms with Crippen LogP contribution in [0.25, 0.3) is 0 Å². The zero-order valence-electron chi connectivity index (χ0n) is 16.8. The lowest BCUT2D eigenvalue weighted by molar-refractivity contribution is 0.0421. The maximum absolute atomic E-state index is 13.3. The molecule has 0 radical (unpaired) electrons.